The normalized spacial score (nSPS) is 9.25. The van der Waals surface area contributed by atoms with Crippen LogP contribution >= 0.6 is 24.2 Å². The molecule has 0 saturated carbocycles. The van der Waals surface area contributed by atoms with Crippen molar-refractivity contribution in [2.45, 2.75) is 6.92 Å². The first-order chi connectivity index (χ1) is 3.83. The summed E-state index contributed by atoms with van der Waals surface area (Å²) in [7, 11) is 0. The van der Waals surface area contributed by atoms with Gasteiger partial charge < -0.3 is 4.18 Å². The minimum atomic E-state index is 0.603. The lowest BCUT2D eigenvalue weighted by molar-refractivity contribution is 0.649. The van der Waals surface area contributed by atoms with Gasteiger partial charge in [0.2, 0.25) is 0 Å². The van der Waals surface area contributed by atoms with Gasteiger partial charge in [0, 0.05) is 18.3 Å². The predicted octanol–water partition coefficient (Wildman–Crippen LogP) is 1.68. The third kappa shape index (κ3) is 1.14. The molecule has 0 fully saturated rings. The zero-order chi connectivity index (χ0) is 5.98. The van der Waals surface area contributed by atoms with Gasteiger partial charge in [-0.15, -0.1) is 0 Å². The molecule has 1 heterocycles. The SMILES string of the molecule is Cc1csc(OS)n1. The van der Waals surface area contributed by atoms with E-state index in [1.807, 2.05) is 12.3 Å². The molecule has 0 bridgehead atoms. The summed E-state index contributed by atoms with van der Waals surface area (Å²) in [6.45, 7) is 1.91. The Hall–Kier alpha value is -0.220. The van der Waals surface area contributed by atoms with Crippen molar-refractivity contribution in [2.75, 3.05) is 0 Å². The highest BCUT2D eigenvalue weighted by Gasteiger charge is 1.93. The van der Waals surface area contributed by atoms with Crippen molar-refractivity contribution in [3.05, 3.63) is 11.1 Å². The number of rotatable bonds is 1. The summed E-state index contributed by atoms with van der Waals surface area (Å²) in [6.07, 6.45) is 0. The monoisotopic (exact) mass is 147 g/mol. The van der Waals surface area contributed by atoms with Gasteiger partial charge >= 0.3 is 0 Å². The average Bonchev–Trinajstić information content (AvgIpc) is 2.14. The highest BCUT2D eigenvalue weighted by atomic mass is 32.1. The summed E-state index contributed by atoms with van der Waals surface area (Å²) in [6, 6.07) is 0. The molecule has 4 heteroatoms. The van der Waals surface area contributed by atoms with Gasteiger partial charge in [-0.25, -0.2) is 4.98 Å². The van der Waals surface area contributed by atoms with Gasteiger partial charge in [0.1, 0.15) is 0 Å². The van der Waals surface area contributed by atoms with Gasteiger partial charge in [0.15, 0.2) is 0 Å². The van der Waals surface area contributed by atoms with Crippen molar-refractivity contribution in [3.63, 3.8) is 0 Å². The zero-order valence-electron chi connectivity index (χ0n) is 4.29. The Balaban J connectivity index is 2.84. The predicted molar refractivity (Wildman–Crippen MR) is 36.5 cm³/mol. The second kappa shape index (κ2) is 2.37. The van der Waals surface area contributed by atoms with E-state index < -0.39 is 0 Å². The van der Waals surface area contributed by atoms with E-state index in [0.717, 1.165) is 5.69 Å². The fourth-order valence-corrected chi connectivity index (χ4v) is 1.11. The highest BCUT2D eigenvalue weighted by Crippen LogP contribution is 2.17. The van der Waals surface area contributed by atoms with E-state index in [1.54, 1.807) is 0 Å². The molecular formula is C4H5NOS2. The molecule has 0 spiro atoms. The van der Waals surface area contributed by atoms with E-state index >= 15 is 0 Å². The van der Waals surface area contributed by atoms with Crippen LogP contribution in [-0.4, -0.2) is 4.98 Å². The smallest absolute Gasteiger partial charge is 0.285 e. The van der Waals surface area contributed by atoms with Crippen molar-refractivity contribution in [3.8, 4) is 5.19 Å². The zero-order valence-corrected chi connectivity index (χ0v) is 6.00. The summed E-state index contributed by atoms with van der Waals surface area (Å²) in [5, 5.41) is 2.51. The standard InChI is InChI=1S/C4H5NOS2/c1-3-2-8-4(5-3)6-7/h2,7H,1H3. The summed E-state index contributed by atoms with van der Waals surface area (Å²) in [5.41, 5.74) is 0.971. The molecule has 0 aliphatic carbocycles. The first-order valence-electron chi connectivity index (χ1n) is 2.06. The molecule has 0 aromatic carbocycles. The Morgan fingerprint density at radius 1 is 1.88 bits per heavy atom. The van der Waals surface area contributed by atoms with Crippen molar-refractivity contribution < 1.29 is 4.18 Å². The fourth-order valence-electron chi connectivity index (χ4n) is 0.374. The third-order valence-electron chi connectivity index (χ3n) is 0.676. The molecule has 1 aromatic heterocycles. The second-order valence-corrected chi connectivity index (χ2v) is 2.35. The number of thiazole rings is 1. The summed E-state index contributed by atoms with van der Waals surface area (Å²) >= 11 is 5.01. The average molecular weight is 147 g/mol. The van der Waals surface area contributed by atoms with E-state index in [0.29, 0.717) is 5.19 Å². The van der Waals surface area contributed by atoms with Crippen molar-refractivity contribution in [1.29, 1.82) is 0 Å². The number of hydrogen-bond acceptors (Lipinski definition) is 4. The number of aryl methyl sites for hydroxylation is 1. The van der Waals surface area contributed by atoms with E-state index in [-0.39, 0.29) is 0 Å². The molecule has 1 rings (SSSR count). The van der Waals surface area contributed by atoms with E-state index in [4.69, 9.17) is 0 Å². The Bertz CT molecular complexity index is 174. The maximum atomic E-state index is 4.54. The first-order valence-corrected chi connectivity index (χ1v) is 3.31. The first kappa shape index (κ1) is 5.91. The van der Waals surface area contributed by atoms with Crippen LogP contribution in [0.2, 0.25) is 0 Å². The quantitative estimate of drug-likeness (QED) is 0.482. The van der Waals surface area contributed by atoms with Crippen LogP contribution in [0.5, 0.6) is 5.19 Å². The van der Waals surface area contributed by atoms with Gasteiger partial charge in [-0.05, 0) is 6.92 Å². The number of nitrogens with zero attached hydrogens (tertiary/aromatic N) is 1. The molecule has 0 saturated heterocycles. The number of aromatic nitrogens is 1. The van der Waals surface area contributed by atoms with E-state index in [9.17, 15) is 0 Å². The van der Waals surface area contributed by atoms with Crippen LogP contribution in [0.25, 0.3) is 0 Å². The summed E-state index contributed by atoms with van der Waals surface area (Å²) < 4.78 is 4.54. The van der Waals surface area contributed by atoms with Gasteiger partial charge in [0.25, 0.3) is 5.19 Å². The molecule has 0 N–H and O–H groups in total. The lowest BCUT2D eigenvalue weighted by Crippen LogP contribution is -1.71. The summed E-state index contributed by atoms with van der Waals surface area (Å²) in [5.74, 6) is 0. The topological polar surface area (TPSA) is 22.1 Å². The molecule has 0 atom stereocenters. The van der Waals surface area contributed by atoms with E-state index in [2.05, 4.69) is 22.1 Å². The van der Waals surface area contributed by atoms with Gasteiger partial charge in [-0.1, -0.05) is 11.3 Å². The maximum absolute atomic E-state index is 4.54. The second-order valence-electron chi connectivity index (χ2n) is 1.35. The Morgan fingerprint density at radius 2 is 2.62 bits per heavy atom. The third-order valence-corrected chi connectivity index (χ3v) is 1.81. The molecule has 1 aromatic rings. The molecule has 0 aliphatic rings. The number of hydrogen-bond donors (Lipinski definition) is 1. The van der Waals surface area contributed by atoms with Crippen LogP contribution in [0, 0.1) is 6.92 Å². The van der Waals surface area contributed by atoms with Crippen molar-refractivity contribution in [1.82, 2.24) is 4.98 Å². The molecule has 0 radical (unpaired) electrons. The van der Waals surface area contributed by atoms with Crippen molar-refractivity contribution >= 4 is 24.2 Å². The molecular weight excluding hydrogens is 142 g/mol. The van der Waals surface area contributed by atoms with Gasteiger partial charge in [-0.2, -0.15) is 0 Å². The van der Waals surface area contributed by atoms with Crippen LogP contribution in [0.4, 0.5) is 0 Å². The van der Waals surface area contributed by atoms with Crippen LogP contribution < -0.4 is 4.18 Å². The summed E-state index contributed by atoms with van der Waals surface area (Å²) in [4.78, 5) is 3.95. The molecule has 44 valence electrons. The minimum Gasteiger partial charge on any atom is -0.399 e. The Kier molecular flexibility index (Phi) is 1.75. The molecule has 0 unspecified atom stereocenters. The number of thiol groups is 1. The van der Waals surface area contributed by atoms with Crippen LogP contribution in [0.1, 0.15) is 5.69 Å². The Morgan fingerprint density at radius 3 is 2.88 bits per heavy atom. The lowest BCUT2D eigenvalue weighted by atomic mass is 10.6. The fraction of sp³-hybridized carbons (Fsp3) is 0.250. The van der Waals surface area contributed by atoms with Crippen LogP contribution in [0.3, 0.4) is 0 Å². The van der Waals surface area contributed by atoms with Crippen molar-refractivity contribution in [2.24, 2.45) is 0 Å². The van der Waals surface area contributed by atoms with Crippen LogP contribution in [-0.2, 0) is 0 Å². The van der Waals surface area contributed by atoms with Crippen LogP contribution in [0.15, 0.2) is 5.38 Å². The molecule has 0 amide bonds. The minimum absolute atomic E-state index is 0.603. The van der Waals surface area contributed by atoms with Gasteiger partial charge in [0.05, 0.1) is 5.69 Å². The molecule has 0 aliphatic heterocycles. The lowest BCUT2D eigenvalue weighted by Gasteiger charge is -1.82. The maximum Gasteiger partial charge on any atom is 0.285 e. The van der Waals surface area contributed by atoms with Gasteiger partial charge in [-0.3, -0.25) is 0 Å². The van der Waals surface area contributed by atoms with E-state index in [1.165, 1.54) is 11.3 Å². The molecule has 8 heavy (non-hydrogen) atoms. The highest BCUT2D eigenvalue weighted by molar-refractivity contribution is 7.75. The Labute approximate surface area is 57.1 Å². The largest absolute Gasteiger partial charge is 0.399 e. The molecule has 2 nitrogen and oxygen atoms in total.